The molecule has 16 heavy (non-hydrogen) atoms. The van der Waals surface area contributed by atoms with E-state index in [1.54, 1.807) is 0 Å². The SMILES string of the molecule is Cn1c(=O)[nH]n([C@@H]2C[C@H](O)[C@H](O)CO2)c1=O. The molecule has 0 amide bonds. The number of aliphatic hydroxyl groups excluding tert-OH is 2. The van der Waals surface area contributed by atoms with Gasteiger partial charge in [-0.3, -0.25) is 0 Å². The molecule has 3 N–H and O–H groups in total. The van der Waals surface area contributed by atoms with E-state index in [-0.39, 0.29) is 13.0 Å². The van der Waals surface area contributed by atoms with Crippen LogP contribution in [0.3, 0.4) is 0 Å². The van der Waals surface area contributed by atoms with E-state index in [9.17, 15) is 19.8 Å². The van der Waals surface area contributed by atoms with Crippen molar-refractivity contribution in [2.45, 2.75) is 24.9 Å². The monoisotopic (exact) mass is 231 g/mol. The van der Waals surface area contributed by atoms with E-state index in [0.29, 0.717) is 0 Å². The molecule has 0 aliphatic carbocycles. The molecular weight excluding hydrogens is 218 g/mol. The Hall–Kier alpha value is -1.38. The van der Waals surface area contributed by atoms with E-state index in [0.717, 1.165) is 9.25 Å². The number of ether oxygens (including phenoxy) is 1. The fraction of sp³-hybridized carbons (Fsp3) is 0.750. The standard InChI is InChI=1S/C8H13N3O5/c1-10-7(14)9-11(8(10)15)6-2-4(12)5(13)3-16-6/h4-6,12-13H,2-3H2,1H3,(H,9,14)/t4-,5+,6-/m0/s1. The minimum atomic E-state index is -0.964. The van der Waals surface area contributed by atoms with E-state index in [2.05, 4.69) is 5.10 Å². The normalized spacial score (nSPS) is 30.6. The second-order valence-electron chi connectivity index (χ2n) is 3.79. The first-order chi connectivity index (χ1) is 7.50. The first-order valence-corrected chi connectivity index (χ1v) is 4.86. The average Bonchev–Trinajstić information content (AvgIpc) is 2.50. The van der Waals surface area contributed by atoms with Gasteiger partial charge in [0.1, 0.15) is 6.10 Å². The second kappa shape index (κ2) is 3.89. The Morgan fingerprint density at radius 2 is 2.06 bits per heavy atom. The number of rotatable bonds is 1. The molecule has 2 rings (SSSR count). The summed E-state index contributed by atoms with van der Waals surface area (Å²) in [6.45, 7) is -0.0742. The van der Waals surface area contributed by atoms with Crippen LogP contribution in [0, 0.1) is 0 Å². The van der Waals surface area contributed by atoms with Crippen molar-refractivity contribution in [2.75, 3.05) is 6.61 Å². The van der Waals surface area contributed by atoms with E-state index in [4.69, 9.17) is 4.74 Å². The number of nitrogens with zero attached hydrogens (tertiary/aromatic N) is 2. The molecule has 8 heteroatoms. The topological polar surface area (TPSA) is 109 Å². The molecule has 1 aromatic heterocycles. The Balaban J connectivity index is 2.29. The van der Waals surface area contributed by atoms with Crippen molar-refractivity contribution in [1.29, 1.82) is 0 Å². The summed E-state index contributed by atoms with van der Waals surface area (Å²) < 4.78 is 7.08. The molecular formula is C8H13N3O5. The van der Waals surface area contributed by atoms with E-state index >= 15 is 0 Å². The molecule has 0 unspecified atom stereocenters. The van der Waals surface area contributed by atoms with Crippen molar-refractivity contribution in [2.24, 2.45) is 7.05 Å². The van der Waals surface area contributed by atoms with Crippen molar-refractivity contribution in [3.63, 3.8) is 0 Å². The second-order valence-corrected chi connectivity index (χ2v) is 3.79. The number of hydrogen-bond donors (Lipinski definition) is 3. The van der Waals surface area contributed by atoms with Crippen LogP contribution in [0.4, 0.5) is 0 Å². The summed E-state index contributed by atoms with van der Waals surface area (Å²) in [6, 6.07) is 0. The minimum absolute atomic E-state index is 0.0566. The van der Waals surface area contributed by atoms with Crippen LogP contribution in [0.15, 0.2) is 9.59 Å². The first kappa shape index (κ1) is 11.1. The van der Waals surface area contributed by atoms with Crippen molar-refractivity contribution >= 4 is 0 Å². The zero-order valence-corrected chi connectivity index (χ0v) is 8.66. The van der Waals surface area contributed by atoms with Gasteiger partial charge in [-0.05, 0) is 0 Å². The molecule has 0 saturated carbocycles. The Kier molecular flexibility index (Phi) is 2.70. The molecule has 1 aromatic rings. The van der Waals surface area contributed by atoms with Gasteiger partial charge in [0, 0.05) is 13.5 Å². The van der Waals surface area contributed by atoms with Crippen LogP contribution in [0.1, 0.15) is 12.6 Å². The van der Waals surface area contributed by atoms with Gasteiger partial charge in [0.15, 0.2) is 6.23 Å². The lowest BCUT2D eigenvalue weighted by Gasteiger charge is -2.29. The molecule has 0 bridgehead atoms. The summed E-state index contributed by atoms with van der Waals surface area (Å²) >= 11 is 0. The van der Waals surface area contributed by atoms with Gasteiger partial charge in [-0.1, -0.05) is 0 Å². The van der Waals surface area contributed by atoms with Crippen LogP contribution in [0.5, 0.6) is 0 Å². The minimum Gasteiger partial charge on any atom is -0.390 e. The smallest absolute Gasteiger partial charge is 0.349 e. The summed E-state index contributed by atoms with van der Waals surface area (Å²) in [6.07, 6.45) is -2.61. The Morgan fingerprint density at radius 3 is 2.56 bits per heavy atom. The van der Waals surface area contributed by atoms with Gasteiger partial charge in [0.2, 0.25) is 0 Å². The van der Waals surface area contributed by atoms with Crippen LogP contribution in [0.25, 0.3) is 0 Å². The first-order valence-electron chi connectivity index (χ1n) is 4.86. The fourth-order valence-corrected chi connectivity index (χ4v) is 1.60. The van der Waals surface area contributed by atoms with E-state index < -0.39 is 29.8 Å². The van der Waals surface area contributed by atoms with Crippen molar-refractivity contribution in [3.05, 3.63) is 21.0 Å². The highest BCUT2D eigenvalue weighted by Gasteiger charge is 2.30. The highest BCUT2D eigenvalue weighted by Crippen LogP contribution is 2.20. The van der Waals surface area contributed by atoms with Crippen molar-refractivity contribution < 1.29 is 14.9 Å². The predicted molar refractivity (Wildman–Crippen MR) is 51.9 cm³/mol. The van der Waals surface area contributed by atoms with Gasteiger partial charge in [-0.15, -0.1) is 0 Å². The van der Waals surface area contributed by atoms with Gasteiger partial charge in [0.25, 0.3) is 0 Å². The summed E-state index contributed by atoms with van der Waals surface area (Å²) in [4.78, 5) is 22.7. The quantitative estimate of drug-likeness (QED) is 0.495. The zero-order chi connectivity index (χ0) is 11.9. The molecule has 8 nitrogen and oxygen atoms in total. The molecule has 1 fully saturated rings. The summed E-state index contributed by atoms with van der Waals surface area (Å²) in [5, 5.41) is 21.0. The van der Waals surface area contributed by atoms with Gasteiger partial charge >= 0.3 is 11.4 Å². The summed E-state index contributed by atoms with van der Waals surface area (Å²) in [5.41, 5.74) is -1.09. The number of aromatic nitrogens is 3. The van der Waals surface area contributed by atoms with Crippen molar-refractivity contribution in [3.8, 4) is 0 Å². The highest BCUT2D eigenvalue weighted by molar-refractivity contribution is 4.78. The largest absolute Gasteiger partial charge is 0.390 e. The van der Waals surface area contributed by atoms with Gasteiger partial charge in [-0.2, -0.15) is 0 Å². The van der Waals surface area contributed by atoms with E-state index in [1.807, 2.05) is 0 Å². The lowest BCUT2D eigenvalue weighted by atomic mass is 10.1. The highest BCUT2D eigenvalue weighted by atomic mass is 16.5. The van der Waals surface area contributed by atoms with Crippen LogP contribution >= 0.6 is 0 Å². The van der Waals surface area contributed by atoms with Gasteiger partial charge in [-0.25, -0.2) is 23.9 Å². The lowest BCUT2D eigenvalue weighted by molar-refractivity contribution is -0.149. The van der Waals surface area contributed by atoms with Crippen LogP contribution < -0.4 is 11.4 Å². The Morgan fingerprint density at radius 1 is 1.38 bits per heavy atom. The molecule has 0 aromatic carbocycles. The number of H-pyrrole nitrogens is 1. The Labute approximate surface area is 89.7 Å². The third-order valence-electron chi connectivity index (χ3n) is 2.65. The molecule has 2 heterocycles. The maximum absolute atomic E-state index is 11.5. The lowest BCUT2D eigenvalue weighted by Crippen LogP contribution is -2.42. The molecule has 90 valence electrons. The van der Waals surface area contributed by atoms with Gasteiger partial charge < -0.3 is 14.9 Å². The van der Waals surface area contributed by atoms with Crippen molar-refractivity contribution in [1.82, 2.24) is 14.3 Å². The zero-order valence-electron chi connectivity index (χ0n) is 8.66. The third-order valence-corrected chi connectivity index (χ3v) is 2.65. The number of aliphatic hydroxyl groups is 2. The van der Waals surface area contributed by atoms with Crippen LogP contribution in [-0.2, 0) is 11.8 Å². The molecule has 1 aliphatic heterocycles. The maximum atomic E-state index is 11.5. The molecule has 3 atom stereocenters. The molecule has 0 spiro atoms. The third kappa shape index (κ3) is 1.70. The molecule has 1 saturated heterocycles. The fourth-order valence-electron chi connectivity index (χ4n) is 1.60. The summed E-state index contributed by atoms with van der Waals surface area (Å²) in [5.74, 6) is 0. The van der Waals surface area contributed by atoms with Crippen LogP contribution in [-0.4, -0.2) is 43.4 Å². The molecule has 1 aliphatic rings. The maximum Gasteiger partial charge on any atom is 0.349 e. The van der Waals surface area contributed by atoms with Gasteiger partial charge in [0.05, 0.1) is 12.7 Å². The summed E-state index contributed by atoms with van der Waals surface area (Å²) in [7, 11) is 1.34. The number of nitrogens with one attached hydrogen (secondary N) is 1. The number of aromatic amines is 1. The predicted octanol–water partition coefficient (Wildman–Crippen LogP) is -2.48. The molecule has 0 radical (unpaired) electrons. The number of hydrogen-bond acceptors (Lipinski definition) is 5. The average molecular weight is 231 g/mol. The Bertz CT molecular complexity index is 487. The van der Waals surface area contributed by atoms with E-state index in [1.165, 1.54) is 7.05 Å². The van der Waals surface area contributed by atoms with Crippen LogP contribution in [0.2, 0.25) is 0 Å².